The zero-order chi connectivity index (χ0) is 34.5. The van der Waals surface area contributed by atoms with Crippen molar-refractivity contribution in [3.63, 3.8) is 0 Å². The number of aromatic nitrogens is 1. The highest BCUT2D eigenvalue weighted by Crippen LogP contribution is 2.48. The molecule has 2 aliphatic heterocycles. The fraction of sp³-hybridized carbons (Fsp3) is 0.588. The minimum absolute atomic E-state index is 0.0218. The normalized spacial score (nSPS) is 17.3. The van der Waals surface area contributed by atoms with Crippen molar-refractivity contribution in [3.8, 4) is 11.3 Å². The van der Waals surface area contributed by atoms with E-state index in [1.807, 2.05) is 43.3 Å². The number of methoxy groups -OCH3 is 1. The van der Waals surface area contributed by atoms with Gasteiger partial charge in [-0.05, 0) is 45.2 Å². The van der Waals surface area contributed by atoms with E-state index in [1.165, 1.54) is 0 Å². The van der Waals surface area contributed by atoms with Crippen LogP contribution in [-0.2, 0) is 27.9 Å². The third kappa shape index (κ3) is 10.2. The Bertz CT molecular complexity index is 1400. The molecule has 2 fully saturated rings. The first kappa shape index (κ1) is 37.3. The van der Waals surface area contributed by atoms with Crippen molar-refractivity contribution in [3.05, 3.63) is 48.2 Å². The number of benzene rings is 1. The number of ether oxygens (including phenoxy) is 2. The lowest BCUT2D eigenvalue weighted by atomic mass is 10.1. The van der Waals surface area contributed by atoms with Crippen LogP contribution >= 0.6 is 7.60 Å². The van der Waals surface area contributed by atoms with Gasteiger partial charge in [0.25, 0.3) is 5.91 Å². The van der Waals surface area contributed by atoms with Crippen molar-refractivity contribution in [1.82, 2.24) is 20.1 Å². The molecule has 1 aromatic carbocycles. The van der Waals surface area contributed by atoms with Gasteiger partial charge in [0, 0.05) is 57.6 Å². The summed E-state index contributed by atoms with van der Waals surface area (Å²) in [6.45, 7) is 8.77. The lowest BCUT2D eigenvalue weighted by Gasteiger charge is -2.36. The molecule has 1 N–H and O–H groups in total. The molecule has 1 aromatic heterocycles. The number of amides is 3. The van der Waals surface area contributed by atoms with Crippen LogP contribution in [0, 0.1) is 0 Å². The third-order valence-electron chi connectivity index (χ3n) is 8.48. The summed E-state index contributed by atoms with van der Waals surface area (Å²) in [5.41, 5.74) is 2.46. The van der Waals surface area contributed by atoms with Crippen molar-refractivity contribution in [2.24, 2.45) is 0 Å². The average Bonchev–Trinajstić information content (AvgIpc) is 3.60. The maximum Gasteiger partial charge on any atom is 0.409 e. The molecule has 4 rings (SSSR count). The van der Waals surface area contributed by atoms with Gasteiger partial charge in [-0.25, -0.2) is 9.78 Å². The summed E-state index contributed by atoms with van der Waals surface area (Å²) in [5, 5.41) is 2.90. The van der Waals surface area contributed by atoms with E-state index in [0.29, 0.717) is 31.9 Å². The van der Waals surface area contributed by atoms with Crippen LogP contribution in [0.25, 0.3) is 11.3 Å². The van der Waals surface area contributed by atoms with E-state index in [1.54, 1.807) is 36.8 Å². The molecule has 2 aliphatic rings. The highest BCUT2D eigenvalue weighted by molar-refractivity contribution is 7.53. The Balaban J connectivity index is 1.56. The Morgan fingerprint density at radius 2 is 1.67 bits per heavy atom. The molecular weight excluding hydrogens is 637 g/mol. The predicted molar refractivity (Wildman–Crippen MR) is 183 cm³/mol. The van der Waals surface area contributed by atoms with E-state index >= 15 is 0 Å². The summed E-state index contributed by atoms with van der Waals surface area (Å²) in [6, 6.07) is 12.3. The number of unbranched alkanes of at least 4 members (excludes halogenated alkanes) is 1. The largest absolute Gasteiger partial charge is 0.449 e. The Morgan fingerprint density at radius 3 is 2.29 bits per heavy atom. The number of nitrogens with zero attached hydrogens (tertiary/aromatic N) is 4. The first-order valence-corrected chi connectivity index (χ1v) is 18.7. The molecule has 0 aliphatic carbocycles. The lowest BCUT2D eigenvalue weighted by molar-refractivity contribution is -0.134. The van der Waals surface area contributed by atoms with E-state index in [2.05, 4.69) is 10.2 Å². The first-order valence-electron chi connectivity index (χ1n) is 16.9. The molecule has 13 nitrogen and oxygen atoms in total. The molecule has 2 saturated heterocycles. The second kappa shape index (κ2) is 18.3. The second-order valence-electron chi connectivity index (χ2n) is 11.8. The molecule has 3 amide bonds. The van der Waals surface area contributed by atoms with Gasteiger partial charge < -0.3 is 38.5 Å². The standard InChI is InChI=1S/C34H50N5O8P/c1-5-8-21-45-34(42)38-19-17-37(18-20-38)33(41)29(15-22-48(43,46-6-2)47-7-3)36-32(40)31-24-27(39-16-14-28(25-39)44-4)23-30(35-31)26-12-10-9-11-13-26/h9-13,23-24,28-29H,5-8,14-22,25H2,1-4H3,(H,36,40)/t28-,29-/m0/s1. The molecule has 3 heterocycles. The van der Waals surface area contributed by atoms with Crippen molar-refractivity contribution in [1.29, 1.82) is 0 Å². The molecule has 0 unspecified atom stereocenters. The number of carbonyl (C=O) groups excluding carboxylic acids is 3. The van der Waals surface area contributed by atoms with Gasteiger partial charge >= 0.3 is 13.7 Å². The van der Waals surface area contributed by atoms with Crippen LogP contribution < -0.4 is 10.2 Å². The number of hydrogen-bond acceptors (Lipinski definition) is 10. The number of piperazine rings is 1. The SMILES string of the molecule is CCCCOC(=O)N1CCN(C(=O)[C@H](CCP(=O)(OCC)OCC)NC(=O)c2cc(N3CC[C@H](OC)C3)cc(-c3ccccc3)n2)CC1. The summed E-state index contributed by atoms with van der Waals surface area (Å²) < 4.78 is 35.2. The molecule has 264 valence electrons. The minimum Gasteiger partial charge on any atom is -0.449 e. The van der Waals surface area contributed by atoms with E-state index in [4.69, 9.17) is 23.5 Å². The minimum atomic E-state index is -3.51. The fourth-order valence-corrected chi connectivity index (χ4v) is 7.48. The van der Waals surface area contributed by atoms with Gasteiger partial charge in [-0.1, -0.05) is 43.7 Å². The zero-order valence-corrected chi connectivity index (χ0v) is 29.5. The Morgan fingerprint density at radius 1 is 0.979 bits per heavy atom. The third-order valence-corrected chi connectivity index (χ3v) is 10.6. The van der Waals surface area contributed by atoms with Crippen LogP contribution in [0.3, 0.4) is 0 Å². The second-order valence-corrected chi connectivity index (χ2v) is 14.0. The monoisotopic (exact) mass is 687 g/mol. The number of hydrogen-bond donors (Lipinski definition) is 1. The molecular formula is C34H50N5O8P. The first-order chi connectivity index (χ1) is 23.2. The molecule has 0 radical (unpaired) electrons. The van der Waals surface area contributed by atoms with Crippen LogP contribution in [-0.4, -0.2) is 117 Å². The molecule has 0 saturated carbocycles. The topological polar surface area (TPSA) is 140 Å². The van der Waals surface area contributed by atoms with Gasteiger partial charge in [0.2, 0.25) is 5.91 Å². The number of anilines is 1. The molecule has 0 bridgehead atoms. The summed E-state index contributed by atoms with van der Waals surface area (Å²) in [4.78, 5) is 50.5. The van der Waals surface area contributed by atoms with Gasteiger partial charge in [0.15, 0.2) is 0 Å². The Hall–Kier alpha value is -3.51. The Labute approximate surface area is 283 Å². The van der Waals surface area contributed by atoms with Gasteiger partial charge in [0.1, 0.15) is 11.7 Å². The molecule has 2 atom stereocenters. The maximum atomic E-state index is 14.0. The van der Waals surface area contributed by atoms with Gasteiger partial charge in [-0.3, -0.25) is 14.2 Å². The fourth-order valence-electron chi connectivity index (χ4n) is 5.79. The van der Waals surface area contributed by atoms with Crippen molar-refractivity contribution in [2.45, 2.75) is 58.6 Å². The van der Waals surface area contributed by atoms with Crippen LogP contribution in [0.4, 0.5) is 10.5 Å². The number of nitrogens with one attached hydrogen (secondary N) is 1. The number of rotatable bonds is 16. The highest BCUT2D eigenvalue weighted by Gasteiger charge is 2.34. The maximum absolute atomic E-state index is 14.0. The summed E-state index contributed by atoms with van der Waals surface area (Å²) in [7, 11) is -1.81. The van der Waals surface area contributed by atoms with E-state index in [0.717, 1.165) is 37.1 Å². The van der Waals surface area contributed by atoms with E-state index < -0.39 is 25.6 Å². The Kier molecular flexibility index (Phi) is 14.2. The molecule has 48 heavy (non-hydrogen) atoms. The van der Waals surface area contributed by atoms with Crippen LogP contribution in [0.15, 0.2) is 42.5 Å². The van der Waals surface area contributed by atoms with Crippen molar-refractivity contribution in [2.75, 3.05) is 77.3 Å². The summed E-state index contributed by atoms with van der Waals surface area (Å²) in [5.74, 6) is -0.875. The lowest BCUT2D eigenvalue weighted by Crippen LogP contribution is -2.56. The van der Waals surface area contributed by atoms with E-state index in [-0.39, 0.29) is 56.6 Å². The van der Waals surface area contributed by atoms with Gasteiger partial charge in [-0.2, -0.15) is 0 Å². The van der Waals surface area contributed by atoms with E-state index in [9.17, 15) is 18.9 Å². The molecule has 14 heteroatoms. The number of carbonyl (C=O) groups is 3. The van der Waals surface area contributed by atoms with Crippen LogP contribution in [0.5, 0.6) is 0 Å². The van der Waals surface area contributed by atoms with Crippen molar-refractivity contribution >= 4 is 31.2 Å². The highest BCUT2D eigenvalue weighted by atomic mass is 31.2. The summed E-state index contributed by atoms with van der Waals surface area (Å²) >= 11 is 0. The molecule has 2 aromatic rings. The van der Waals surface area contributed by atoms with Crippen LogP contribution in [0.1, 0.15) is 56.9 Å². The van der Waals surface area contributed by atoms with Crippen LogP contribution in [0.2, 0.25) is 0 Å². The predicted octanol–water partition coefficient (Wildman–Crippen LogP) is 4.81. The average molecular weight is 688 g/mol. The van der Waals surface area contributed by atoms with Gasteiger partial charge in [-0.15, -0.1) is 0 Å². The smallest absolute Gasteiger partial charge is 0.409 e. The van der Waals surface area contributed by atoms with Crippen molar-refractivity contribution < 1.29 is 37.5 Å². The quantitative estimate of drug-likeness (QED) is 0.193. The zero-order valence-electron chi connectivity index (χ0n) is 28.6. The number of pyridine rings is 1. The molecule has 0 spiro atoms. The van der Waals surface area contributed by atoms with Gasteiger partial charge in [0.05, 0.1) is 37.8 Å². The summed E-state index contributed by atoms with van der Waals surface area (Å²) in [6.07, 6.45) is 2.21.